The van der Waals surface area contributed by atoms with Crippen LogP contribution in [0.5, 0.6) is 0 Å². The average Bonchev–Trinajstić information content (AvgIpc) is 3.07. The van der Waals surface area contributed by atoms with Crippen molar-refractivity contribution in [3.63, 3.8) is 0 Å². The van der Waals surface area contributed by atoms with E-state index in [0.717, 1.165) is 30.5 Å². The number of hydrogen-bond acceptors (Lipinski definition) is 3. The highest BCUT2D eigenvalue weighted by molar-refractivity contribution is 5.55. The number of rotatable bonds is 5. The van der Waals surface area contributed by atoms with Crippen molar-refractivity contribution in [2.75, 3.05) is 25.5 Å². The Kier molecular flexibility index (Phi) is 3.92. The van der Waals surface area contributed by atoms with E-state index in [1.165, 1.54) is 31.4 Å². The Morgan fingerprint density at radius 3 is 2.90 bits per heavy atom. The molecule has 0 aromatic carbocycles. The van der Waals surface area contributed by atoms with Crippen molar-refractivity contribution in [3.8, 4) is 0 Å². The quantitative estimate of drug-likeness (QED) is 0.908. The lowest BCUT2D eigenvalue weighted by molar-refractivity contribution is 0.544. The second-order valence-electron chi connectivity index (χ2n) is 5.87. The molecular weight excluding hydrogens is 248 g/mol. The molecule has 2 aromatic rings. The third-order valence-corrected chi connectivity index (χ3v) is 4.32. The fourth-order valence-electron chi connectivity index (χ4n) is 3.34. The molecular formula is C16H24N4. The molecule has 4 nitrogen and oxygen atoms in total. The number of aromatic nitrogens is 2. The zero-order chi connectivity index (χ0) is 13.9. The Labute approximate surface area is 120 Å². The maximum absolute atomic E-state index is 4.82. The molecule has 0 amide bonds. The predicted octanol–water partition coefficient (Wildman–Crippen LogP) is 2.68. The molecule has 0 unspecified atom stereocenters. The first-order valence-corrected chi connectivity index (χ1v) is 7.61. The molecule has 0 spiro atoms. The van der Waals surface area contributed by atoms with Crippen molar-refractivity contribution >= 4 is 11.5 Å². The monoisotopic (exact) mass is 272 g/mol. The van der Waals surface area contributed by atoms with Gasteiger partial charge in [0.15, 0.2) is 5.82 Å². The average molecular weight is 272 g/mol. The van der Waals surface area contributed by atoms with E-state index >= 15 is 0 Å². The first-order chi connectivity index (χ1) is 9.79. The predicted molar refractivity (Wildman–Crippen MR) is 83.2 cm³/mol. The van der Waals surface area contributed by atoms with E-state index in [1.807, 2.05) is 13.1 Å². The summed E-state index contributed by atoms with van der Waals surface area (Å²) in [4.78, 5) is 7.17. The van der Waals surface area contributed by atoms with Gasteiger partial charge in [0.2, 0.25) is 0 Å². The van der Waals surface area contributed by atoms with Gasteiger partial charge >= 0.3 is 0 Å². The molecule has 4 heteroatoms. The van der Waals surface area contributed by atoms with Crippen LogP contribution in [0.1, 0.15) is 31.4 Å². The summed E-state index contributed by atoms with van der Waals surface area (Å²) in [5, 5.41) is 3.26. The van der Waals surface area contributed by atoms with E-state index in [1.54, 1.807) is 0 Å². The van der Waals surface area contributed by atoms with Crippen molar-refractivity contribution in [3.05, 3.63) is 30.1 Å². The van der Waals surface area contributed by atoms with Gasteiger partial charge in [-0.05, 0) is 37.9 Å². The molecule has 0 aliphatic heterocycles. The van der Waals surface area contributed by atoms with Crippen molar-refractivity contribution in [1.29, 1.82) is 0 Å². The number of nitrogens with one attached hydrogen (secondary N) is 1. The summed E-state index contributed by atoms with van der Waals surface area (Å²) in [6.45, 7) is 1.97. The van der Waals surface area contributed by atoms with Crippen molar-refractivity contribution in [2.24, 2.45) is 5.92 Å². The van der Waals surface area contributed by atoms with E-state index in [-0.39, 0.29) is 0 Å². The van der Waals surface area contributed by atoms with Crippen LogP contribution in [0.4, 0.5) is 5.82 Å². The maximum Gasteiger partial charge on any atom is 0.152 e. The summed E-state index contributed by atoms with van der Waals surface area (Å²) in [5.74, 6) is 1.96. The van der Waals surface area contributed by atoms with Gasteiger partial charge in [0.25, 0.3) is 0 Å². The molecule has 0 radical (unpaired) electrons. The number of anilines is 1. The van der Waals surface area contributed by atoms with E-state index in [9.17, 15) is 0 Å². The minimum Gasteiger partial charge on any atom is -0.358 e. The zero-order valence-electron chi connectivity index (χ0n) is 12.5. The van der Waals surface area contributed by atoms with E-state index < -0.39 is 0 Å². The van der Waals surface area contributed by atoms with E-state index in [0.29, 0.717) is 0 Å². The zero-order valence-corrected chi connectivity index (χ0v) is 12.5. The van der Waals surface area contributed by atoms with Gasteiger partial charge in [0.05, 0.1) is 5.69 Å². The maximum atomic E-state index is 4.82. The fraction of sp³-hybridized carbons (Fsp3) is 0.562. The number of pyridine rings is 1. The van der Waals surface area contributed by atoms with Gasteiger partial charge < -0.3 is 14.6 Å². The molecule has 1 aliphatic rings. The summed E-state index contributed by atoms with van der Waals surface area (Å²) in [6, 6.07) is 6.19. The molecule has 108 valence electrons. The minimum atomic E-state index is 0.840. The smallest absolute Gasteiger partial charge is 0.152 e. The van der Waals surface area contributed by atoms with Crippen LogP contribution in [0, 0.1) is 5.92 Å². The normalized spacial score (nSPS) is 16.1. The Bertz CT molecular complexity index is 569. The van der Waals surface area contributed by atoms with Gasteiger partial charge in [0.1, 0.15) is 5.65 Å². The summed E-state index contributed by atoms with van der Waals surface area (Å²) in [6.07, 6.45) is 7.64. The molecule has 1 fully saturated rings. The van der Waals surface area contributed by atoms with E-state index in [4.69, 9.17) is 4.98 Å². The molecule has 1 saturated carbocycles. The SMILES string of the molecule is CNCc1c(N(C)CC2CCCC2)nc2ccccn12. The number of nitrogens with zero attached hydrogens (tertiary/aromatic N) is 3. The lowest BCUT2D eigenvalue weighted by Crippen LogP contribution is -2.26. The van der Waals surface area contributed by atoms with E-state index in [2.05, 4.69) is 40.0 Å². The third-order valence-electron chi connectivity index (χ3n) is 4.32. The Balaban J connectivity index is 1.90. The third kappa shape index (κ3) is 2.52. The molecule has 2 heterocycles. The van der Waals surface area contributed by atoms with Crippen LogP contribution in [-0.4, -0.2) is 30.0 Å². The highest BCUT2D eigenvalue weighted by Gasteiger charge is 2.20. The van der Waals surface area contributed by atoms with Crippen LogP contribution >= 0.6 is 0 Å². The van der Waals surface area contributed by atoms with Gasteiger partial charge in [0, 0.05) is 26.3 Å². The second kappa shape index (κ2) is 5.83. The molecule has 0 atom stereocenters. The number of hydrogen-bond donors (Lipinski definition) is 1. The molecule has 2 aromatic heterocycles. The van der Waals surface area contributed by atoms with Crippen molar-refractivity contribution in [1.82, 2.24) is 14.7 Å². The van der Waals surface area contributed by atoms with Crippen LogP contribution in [0.2, 0.25) is 0 Å². The van der Waals surface area contributed by atoms with Crippen LogP contribution < -0.4 is 10.2 Å². The summed E-state index contributed by atoms with van der Waals surface area (Å²) in [7, 11) is 4.17. The van der Waals surface area contributed by atoms with Crippen LogP contribution in [0.25, 0.3) is 5.65 Å². The summed E-state index contributed by atoms with van der Waals surface area (Å²) < 4.78 is 2.19. The Hall–Kier alpha value is -1.55. The van der Waals surface area contributed by atoms with Gasteiger partial charge in [-0.2, -0.15) is 0 Å². The van der Waals surface area contributed by atoms with Gasteiger partial charge in [-0.25, -0.2) is 4.98 Å². The highest BCUT2D eigenvalue weighted by atomic mass is 15.2. The Morgan fingerprint density at radius 1 is 1.35 bits per heavy atom. The van der Waals surface area contributed by atoms with Crippen molar-refractivity contribution in [2.45, 2.75) is 32.2 Å². The molecule has 20 heavy (non-hydrogen) atoms. The molecule has 3 rings (SSSR count). The topological polar surface area (TPSA) is 32.6 Å². The largest absolute Gasteiger partial charge is 0.358 e. The summed E-state index contributed by atoms with van der Waals surface area (Å²) in [5.41, 5.74) is 2.29. The van der Waals surface area contributed by atoms with Crippen molar-refractivity contribution < 1.29 is 0 Å². The number of imidazole rings is 1. The fourth-order valence-corrected chi connectivity index (χ4v) is 3.34. The second-order valence-corrected chi connectivity index (χ2v) is 5.87. The van der Waals surface area contributed by atoms with Gasteiger partial charge in [-0.3, -0.25) is 0 Å². The molecule has 0 saturated heterocycles. The first-order valence-electron chi connectivity index (χ1n) is 7.61. The van der Waals surface area contributed by atoms with Gasteiger partial charge in [-0.1, -0.05) is 18.9 Å². The first kappa shape index (κ1) is 13.4. The van der Waals surface area contributed by atoms with Crippen LogP contribution in [0.3, 0.4) is 0 Å². The highest BCUT2D eigenvalue weighted by Crippen LogP contribution is 2.28. The molecule has 1 aliphatic carbocycles. The molecule has 1 N–H and O–H groups in total. The van der Waals surface area contributed by atoms with Gasteiger partial charge in [-0.15, -0.1) is 0 Å². The number of fused-ring (bicyclic) bond motifs is 1. The summed E-state index contributed by atoms with van der Waals surface area (Å²) >= 11 is 0. The van der Waals surface area contributed by atoms with Crippen LogP contribution in [-0.2, 0) is 6.54 Å². The Morgan fingerprint density at radius 2 is 2.15 bits per heavy atom. The molecule has 0 bridgehead atoms. The standard InChI is InChI=1S/C16H24N4/c1-17-11-14-16(18-15-9-5-6-10-20(14)15)19(2)12-13-7-3-4-8-13/h5-6,9-10,13,17H,3-4,7-8,11-12H2,1-2H3. The lowest BCUT2D eigenvalue weighted by atomic mass is 10.1. The lowest BCUT2D eigenvalue weighted by Gasteiger charge is -2.22. The minimum absolute atomic E-state index is 0.840. The van der Waals surface area contributed by atoms with Crippen LogP contribution in [0.15, 0.2) is 24.4 Å².